The molecule has 2 aliphatic heterocycles. The molecule has 0 saturated carbocycles. The molecule has 2 atom stereocenters. The van der Waals surface area contributed by atoms with Gasteiger partial charge in [-0.3, -0.25) is 14.5 Å². The monoisotopic (exact) mass is 364 g/mol. The summed E-state index contributed by atoms with van der Waals surface area (Å²) in [6.07, 6.45) is 3.74. The number of fused-ring (bicyclic) bond motifs is 1. The number of hydrogen-bond donors (Lipinski definition) is 0. The van der Waals surface area contributed by atoms with Gasteiger partial charge in [-0.25, -0.2) is 0 Å². The van der Waals surface area contributed by atoms with Gasteiger partial charge in [-0.05, 0) is 49.6 Å². The minimum absolute atomic E-state index is 0.145. The van der Waals surface area contributed by atoms with Crippen molar-refractivity contribution in [1.29, 1.82) is 0 Å². The topological polar surface area (TPSA) is 49.9 Å². The van der Waals surface area contributed by atoms with Gasteiger partial charge in [-0.1, -0.05) is 6.92 Å². The Hall–Kier alpha value is -1.40. The summed E-state index contributed by atoms with van der Waals surface area (Å²) in [5.74, 6) is -0.178. The van der Waals surface area contributed by atoms with Gasteiger partial charge in [0, 0.05) is 30.6 Å². The molecule has 3 rings (SSSR count). The number of carbonyl (C=O) groups is 2. The molecule has 25 heavy (non-hydrogen) atoms. The highest BCUT2D eigenvalue weighted by atomic mass is 32.1. The average Bonchev–Trinajstić information content (AvgIpc) is 3.10. The lowest BCUT2D eigenvalue weighted by molar-refractivity contribution is -0.151. The van der Waals surface area contributed by atoms with Crippen molar-refractivity contribution in [2.45, 2.75) is 45.6 Å². The lowest BCUT2D eigenvalue weighted by Crippen LogP contribution is -2.48. The molecular formula is C19H28N2O3S. The molecule has 1 fully saturated rings. The fourth-order valence-electron chi connectivity index (χ4n) is 4.05. The molecule has 5 nitrogen and oxygen atoms in total. The van der Waals surface area contributed by atoms with Gasteiger partial charge in [0.1, 0.15) is 0 Å². The molecule has 0 aromatic carbocycles. The molecule has 1 aromatic heterocycles. The van der Waals surface area contributed by atoms with Gasteiger partial charge < -0.3 is 9.64 Å². The molecule has 1 amide bonds. The molecule has 1 aromatic rings. The van der Waals surface area contributed by atoms with E-state index >= 15 is 0 Å². The van der Waals surface area contributed by atoms with Crippen molar-refractivity contribution >= 4 is 23.2 Å². The summed E-state index contributed by atoms with van der Waals surface area (Å²) in [7, 11) is 0. The van der Waals surface area contributed by atoms with Crippen molar-refractivity contribution < 1.29 is 14.3 Å². The maximum atomic E-state index is 12.8. The van der Waals surface area contributed by atoms with Crippen molar-refractivity contribution in [2.75, 3.05) is 32.8 Å². The highest BCUT2D eigenvalue weighted by molar-refractivity contribution is 7.10. The summed E-state index contributed by atoms with van der Waals surface area (Å²) < 4.78 is 5.14. The fourth-order valence-corrected chi connectivity index (χ4v) is 4.97. The molecule has 0 bridgehead atoms. The standard InChI is InChI=1S/C19H28N2O3S/c1-3-16-15-8-11-25-17(15)7-10-20(16)13-18(22)21-9-5-6-14(12-21)19(23)24-4-2/h8,11,14,16H,3-7,9-10,12-13H2,1-2H3. The predicted molar refractivity (Wildman–Crippen MR) is 98.6 cm³/mol. The van der Waals surface area contributed by atoms with Gasteiger partial charge in [-0.2, -0.15) is 0 Å². The molecular weight excluding hydrogens is 336 g/mol. The molecule has 0 radical (unpaired) electrons. The third kappa shape index (κ3) is 4.06. The Labute approximate surface area is 153 Å². The number of ether oxygens (including phenoxy) is 1. The van der Waals surface area contributed by atoms with Crippen LogP contribution in [0.4, 0.5) is 0 Å². The number of carbonyl (C=O) groups excluding carboxylic acids is 2. The molecule has 0 spiro atoms. The van der Waals surface area contributed by atoms with Gasteiger partial charge in [0.05, 0.1) is 19.1 Å². The Kier molecular flexibility index (Phi) is 6.12. The zero-order valence-corrected chi connectivity index (χ0v) is 16.0. The van der Waals surface area contributed by atoms with Crippen LogP contribution in [0.1, 0.15) is 49.6 Å². The zero-order chi connectivity index (χ0) is 17.8. The third-order valence-electron chi connectivity index (χ3n) is 5.32. The summed E-state index contributed by atoms with van der Waals surface area (Å²) in [6.45, 7) is 7.06. The maximum Gasteiger partial charge on any atom is 0.310 e. The van der Waals surface area contributed by atoms with Gasteiger partial charge >= 0.3 is 5.97 Å². The van der Waals surface area contributed by atoms with Crippen molar-refractivity contribution in [2.24, 2.45) is 5.92 Å². The summed E-state index contributed by atoms with van der Waals surface area (Å²) in [4.78, 5) is 30.5. The molecule has 2 unspecified atom stereocenters. The van der Waals surface area contributed by atoms with Crippen LogP contribution in [0.2, 0.25) is 0 Å². The Morgan fingerprint density at radius 2 is 2.16 bits per heavy atom. The van der Waals surface area contributed by atoms with Crippen LogP contribution >= 0.6 is 11.3 Å². The van der Waals surface area contributed by atoms with E-state index in [4.69, 9.17) is 4.74 Å². The Morgan fingerprint density at radius 3 is 2.92 bits per heavy atom. The normalized spacial score (nSPS) is 24.0. The second-order valence-corrected chi connectivity index (χ2v) is 7.88. The zero-order valence-electron chi connectivity index (χ0n) is 15.2. The number of nitrogens with zero attached hydrogens (tertiary/aromatic N) is 2. The molecule has 1 saturated heterocycles. The van der Waals surface area contributed by atoms with Crippen molar-refractivity contribution in [3.63, 3.8) is 0 Å². The molecule has 0 aliphatic carbocycles. The first kappa shape index (κ1) is 18.4. The van der Waals surface area contributed by atoms with E-state index < -0.39 is 0 Å². The van der Waals surface area contributed by atoms with Crippen LogP contribution in [0, 0.1) is 5.92 Å². The molecule has 0 N–H and O–H groups in total. The fraction of sp³-hybridized carbons (Fsp3) is 0.684. The summed E-state index contributed by atoms with van der Waals surface area (Å²) in [5, 5.41) is 2.16. The van der Waals surface area contributed by atoms with Crippen LogP contribution in [0.5, 0.6) is 0 Å². The number of rotatable bonds is 5. The summed E-state index contributed by atoms with van der Waals surface area (Å²) in [6, 6.07) is 2.55. The van der Waals surface area contributed by atoms with E-state index in [1.165, 1.54) is 10.4 Å². The number of likely N-dealkylation sites (tertiary alicyclic amines) is 1. The Balaban J connectivity index is 1.61. The van der Waals surface area contributed by atoms with Crippen LogP contribution in [0.25, 0.3) is 0 Å². The van der Waals surface area contributed by atoms with E-state index in [0.717, 1.165) is 38.8 Å². The number of hydrogen-bond acceptors (Lipinski definition) is 5. The maximum absolute atomic E-state index is 12.8. The van der Waals surface area contributed by atoms with Crippen LogP contribution in [0.15, 0.2) is 11.4 Å². The minimum atomic E-state index is -0.163. The molecule has 3 heterocycles. The van der Waals surface area contributed by atoms with Crippen LogP contribution in [-0.2, 0) is 20.7 Å². The van der Waals surface area contributed by atoms with E-state index in [1.54, 1.807) is 0 Å². The van der Waals surface area contributed by atoms with E-state index in [2.05, 4.69) is 23.3 Å². The number of amides is 1. The Morgan fingerprint density at radius 1 is 1.32 bits per heavy atom. The second kappa shape index (κ2) is 8.32. The first-order valence-electron chi connectivity index (χ1n) is 9.38. The second-order valence-electron chi connectivity index (χ2n) is 6.87. The van der Waals surface area contributed by atoms with Crippen molar-refractivity contribution in [3.05, 3.63) is 21.9 Å². The van der Waals surface area contributed by atoms with Crippen LogP contribution < -0.4 is 0 Å². The van der Waals surface area contributed by atoms with Crippen LogP contribution in [-0.4, -0.2) is 54.5 Å². The van der Waals surface area contributed by atoms with E-state index in [0.29, 0.717) is 25.7 Å². The first-order chi connectivity index (χ1) is 12.1. The predicted octanol–water partition coefficient (Wildman–Crippen LogP) is 2.86. The lowest BCUT2D eigenvalue weighted by atomic mass is 9.96. The van der Waals surface area contributed by atoms with E-state index in [-0.39, 0.29) is 17.8 Å². The van der Waals surface area contributed by atoms with E-state index in [1.807, 2.05) is 23.2 Å². The number of piperidine rings is 1. The molecule has 6 heteroatoms. The highest BCUT2D eigenvalue weighted by Gasteiger charge is 2.32. The lowest BCUT2D eigenvalue weighted by Gasteiger charge is -2.37. The van der Waals surface area contributed by atoms with Crippen molar-refractivity contribution in [1.82, 2.24) is 9.80 Å². The first-order valence-corrected chi connectivity index (χ1v) is 10.3. The smallest absolute Gasteiger partial charge is 0.310 e. The SMILES string of the molecule is CCOC(=O)C1CCCN(C(=O)CN2CCc3sccc3C2CC)C1. The quantitative estimate of drug-likeness (QED) is 0.754. The summed E-state index contributed by atoms with van der Waals surface area (Å²) in [5.41, 5.74) is 1.40. The minimum Gasteiger partial charge on any atom is -0.466 e. The van der Waals surface area contributed by atoms with E-state index in [9.17, 15) is 9.59 Å². The molecule has 138 valence electrons. The van der Waals surface area contributed by atoms with Crippen molar-refractivity contribution in [3.8, 4) is 0 Å². The van der Waals surface area contributed by atoms with Gasteiger partial charge in [0.15, 0.2) is 0 Å². The third-order valence-corrected chi connectivity index (χ3v) is 6.32. The number of thiophene rings is 1. The van der Waals surface area contributed by atoms with Crippen LogP contribution in [0.3, 0.4) is 0 Å². The van der Waals surface area contributed by atoms with Gasteiger partial charge in [0.2, 0.25) is 5.91 Å². The average molecular weight is 365 g/mol. The largest absolute Gasteiger partial charge is 0.466 e. The van der Waals surface area contributed by atoms with Gasteiger partial charge in [0.25, 0.3) is 0 Å². The highest BCUT2D eigenvalue weighted by Crippen LogP contribution is 2.35. The Bertz CT molecular complexity index is 616. The number of esters is 1. The molecule has 2 aliphatic rings. The summed E-state index contributed by atoms with van der Waals surface area (Å²) >= 11 is 1.83. The van der Waals surface area contributed by atoms with Gasteiger partial charge in [-0.15, -0.1) is 11.3 Å².